The summed E-state index contributed by atoms with van der Waals surface area (Å²) < 4.78 is 5.34. The van der Waals surface area contributed by atoms with Crippen LogP contribution in [0.4, 0.5) is 4.79 Å². The van der Waals surface area contributed by atoms with Gasteiger partial charge >= 0.3 is 6.09 Å². The molecular formula is C20H42IN5O2. The number of nitrogens with zero attached hydrogens (tertiary/aromatic N) is 3. The fourth-order valence-electron chi connectivity index (χ4n) is 3.45. The first-order valence-corrected chi connectivity index (χ1v) is 10.2. The van der Waals surface area contributed by atoms with Crippen molar-refractivity contribution in [3.05, 3.63) is 0 Å². The van der Waals surface area contributed by atoms with Crippen molar-refractivity contribution in [2.45, 2.75) is 85.0 Å². The van der Waals surface area contributed by atoms with Crippen LogP contribution < -0.4 is 10.6 Å². The van der Waals surface area contributed by atoms with Gasteiger partial charge in [-0.25, -0.2) is 4.79 Å². The number of ether oxygens (including phenoxy) is 1. The summed E-state index contributed by atoms with van der Waals surface area (Å²) in [6.07, 6.45) is 1.62. The Bertz CT molecular complexity index is 483. The van der Waals surface area contributed by atoms with E-state index in [-0.39, 0.29) is 36.1 Å². The lowest BCUT2D eigenvalue weighted by Gasteiger charge is -2.30. The molecule has 0 aliphatic carbocycles. The van der Waals surface area contributed by atoms with Crippen LogP contribution in [0.2, 0.25) is 0 Å². The van der Waals surface area contributed by atoms with Gasteiger partial charge < -0.3 is 20.3 Å². The number of amides is 1. The molecule has 28 heavy (non-hydrogen) atoms. The Morgan fingerprint density at radius 3 is 2.36 bits per heavy atom. The zero-order valence-electron chi connectivity index (χ0n) is 19.0. The number of hydrogen-bond acceptors (Lipinski definition) is 4. The molecule has 7 nitrogen and oxygen atoms in total. The lowest BCUT2D eigenvalue weighted by atomic mass is 10.2. The maximum Gasteiger partial charge on any atom is 0.407 e. The van der Waals surface area contributed by atoms with E-state index in [0.717, 1.165) is 45.0 Å². The van der Waals surface area contributed by atoms with Gasteiger partial charge in [-0.3, -0.25) is 9.89 Å². The number of hydrogen-bond donors (Lipinski definition) is 2. The Balaban J connectivity index is 0.00000729. The molecule has 1 unspecified atom stereocenters. The van der Waals surface area contributed by atoms with E-state index < -0.39 is 5.60 Å². The summed E-state index contributed by atoms with van der Waals surface area (Å²) in [6.45, 7) is 18.2. The lowest BCUT2D eigenvalue weighted by molar-refractivity contribution is 0.0507. The first-order chi connectivity index (χ1) is 12.5. The monoisotopic (exact) mass is 511 g/mol. The molecule has 0 aromatic heterocycles. The molecule has 1 heterocycles. The van der Waals surface area contributed by atoms with Crippen molar-refractivity contribution in [3.63, 3.8) is 0 Å². The van der Waals surface area contributed by atoms with Crippen molar-refractivity contribution >= 4 is 36.0 Å². The van der Waals surface area contributed by atoms with E-state index in [9.17, 15) is 4.79 Å². The topological polar surface area (TPSA) is 69.2 Å². The normalized spacial score (nSPS) is 17.9. The van der Waals surface area contributed by atoms with Crippen LogP contribution in [0, 0.1) is 0 Å². The zero-order chi connectivity index (χ0) is 20.6. The minimum atomic E-state index is -0.472. The van der Waals surface area contributed by atoms with E-state index in [1.165, 1.54) is 0 Å². The third-order valence-corrected chi connectivity index (χ3v) is 4.62. The van der Waals surface area contributed by atoms with E-state index in [2.05, 4.69) is 53.1 Å². The second-order valence-electron chi connectivity index (χ2n) is 8.83. The van der Waals surface area contributed by atoms with Gasteiger partial charge in [0.1, 0.15) is 5.60 Å². The molecule has 0 saturated carbocycles. The molecule has 1 aliphatic heterocycles. The molecule has 166 valence electrons. The van der Waals surface area contributed by atoms with Crippen LogP contribution in [0.3, 0.4) is 0 Å². The van der Waals surface area contributed by atoms with Crippen LogP contribution in [0.1, 0.15) is 61.3 Å². The third kappa shape index (κ3) is 10.1. The fraction of sp³-hybridized carbons (Fsp3) is 0.900. The van der Waals surface area contributed by atoms with E-state index in [0.29, 0.717) is 12.1 Å². The molecule has 1 rings (SSSR count). The summed E-state index contributed by atoms with van der Waals surface area (Å²) in [5.41, 5.74) is -0.472. The van der Waals surface area contributed by atoms with Crippen molar-refractivity contribution in [3.8, 4) is 0 Å². The highest BCUT2D eigenvalue weighted by Gasteiger charge is 2.27. The van der Waals surface area contributed by atoms with Crippen molar-refractivity contribution in [2.75, 3.05) is 33.2 Å². The number of alkyl carbamates (subject to hydrolysis) is 1. The van der Waals surface area contributed by atoms with Gasteiger partial charge in [0, 0.05) is 45.3 Å². The van der Waals surface area contributed by atoms with E-state index in [4.69, 9.17) is 4.74 Å². The number of rotatable bonds is 7. The molecule has 8 heteroatoms. The number of likely N-dealkylation sites (tertiary alicyclic amines) is 1. The van der Waals surface area contributed by atoms with Gasteiger partial charge in [-0.05, 0) is 61.3 Å². The van der Waals surface area contributed by atoms with E-state index >= 15 is 0 Å². The summed E-state index contributed by atoms with van der Waals surface area (Å²) in [5.74, 6) is 0.907. The minimum absolute atomic E-state index is 0. The SMILES string of the molecule is CN=C(NCCCN(C(C)C)C(C)C)N1CCC(NC(=O)OC(C)(C)C)C1.I. The average molecular weight is 511 g/mol. The highest BCUT2D eigenvalue weighted by molar-refractivity contribution is 14.0. The largest absolute Gasteiger partial charge is 0.444 e. The van der Waals surface area contributed by atoms with Crippen molar-refractivity contribution < 1.29 is 9.53 Å². The Hall–Kier alpha value is -0.770. The minimum Gasteiger partial charge on any atom is -0.444 e. The quantitative estimate of drug-likeness (QED) is 0.238. The van der Waals surface area contributed by atoms with Crippen molar-refractivity contribution in [2.24, 2.45) is 4.99 Å². The summed E-state index contributed by atoms with van der Waals surface area (Å²) in [5, 5.41) is 6.42. The van der Waals surface area contributed by atoms with Gasteiger partial charge in [-0.15, -0.1) is 24.0 Å². The first-order valence-electron chi connectivity index (χ1n) is 10.2. The Kier molecular flexibility index (Phi) is 12.4. The summed E-state index contributed by atoms with van der Waals surface area (Å²) in [6, 6.07) is 1.21. The Morgan fingerprint density at radius 2 is 1.86 bits per heavy atom. The molecule has 0 spiro atoms. The standard InChI is InChI=1S/C20H41N5O2.HI/c1-15(2)25(16(3)4)12-9-11-22-18(21-8)24-13-10-17(14-24)23-19(26)27-20(5,6)7;/h15-17H,9-14H2,1-8H3,(H,21,22)(H,23,26);1H. The van der Waals surface area contributed by atoms with Crippen LogP contribution >= 0.6 is 24.0 Å². The highest BCUT2D eigenvalue weighted by atomic mass is 127. The van der Waals surface area contributed by atoms with Gasteiger partial charge in [-0.2, -0.15) is 0 Å². The fourth-order valence-corrected chi connectivity index (χ4v) is 3.45. The predicted octanol–water partition coefficient (Wildman–Crippen LogP) is 3.29. The lowest BCUT2D eigenvalue weighted by Crippen LogP contribution is -2.45. The number of aliphatic imine (C=N–C) groups is 1. The number of carbonyl (C=O) groups excluding carboxylic acids is 1. The van der Waals surface area contributed by atoms with Crippen LogP contribution in [0.15, 0.2) is 4.99 Å². The number of halogens is 1. The van der Waals surface area contributed by atoms with Crippen LogP contribution in [-0.4, -0.2) is 78.8 Å². The molecule has 1 saturated heterocycles. The zero-order valence-corrected chi connectivity index (χ0v) is 21.4. The maximum absolute atomic E-state index is 11.9. The molecule has 1 aliphatic rings. The Morgan fingerprint density at radius 1 is 1.25 bits per heavy atom. The highest BCUT2D eigenvalue weighted by Crippen LogP contribution is 2.12. The van der Waals surface area contributed by atoms with E-state index in [1.807, 2.05) is 27.8 Å². The predicted molar refractivity (Wildman–Crippen MR) is 128 cm³/mol. The third-order valence-electron chi connectivity index (χ3n) is 4.62. The summed E-state index contributed by atoms with van der Waals surface area (Å²) in [7, 11) is 1.81. The van der Waals surface area contributed by atoms with Gasteiger partial charge in [0.05, 0.1) is 6.04 Å². The molecule has 2 N–H and O–H groups in total. The molecule has 1 amide bonds. The van der Waals surface area contributed by atoms with E-state index in [1.54, 1.807) is 0 Å². The first kappa shape index (κ1) is 27.2. The summed E-state index contributed by atoms with van der Waals surface area (Å²) >= 11 is 0. The second kappa shape index (κ2) is 12.7. The Labute approximate surface area is 189 Å². The maximum atomic E-state index is 11.9. The molecule has 0 bridgehead atoms. The second-order valence-corrected chi connectivity index (χ2v) is 8.83. The van der Waals surface area contributed by atoms with Crippen molar-refractivity contribution in [1.29, 1.82) is 0 Å². The summed E-state index contributed by atoms with van der Waals surface area (Å²) in [4.78, 5) is 21.0. The van der Waals surface area contributed by atoms with Crippen LogP contribution in [0.25, 0.3) is 0 Å². The van der Waals surface area contributed by atoms with Gasteiger partial charge in [0.15, 0.2) is 5.96 Å². The van der Waals surface area contributed by atoms with Crippen molar-refractivity contribution in [1.82, 2.24) is 20.4 Å². The molecule has 0 radical (unpaired) electrons. The van der Waals surface area contributed by atoms with Gasteiger partial charge in [0.25, 0.3) is 0 Å². The van der Waals surface area contributed by atoms with Crippen LogP contribution in [-0.2, 0) is 4.74 Å². The number of guanidine groups is 1. The number of nitrogens with one attached hydrogen (secondary N) is 2. The molecule has 0 aromatic rings. The van der Waals surface area contributed by atoms with Gasteiger partial charge in [0.2, 0.25) is 0 Å². The average Bonchev–Trinajstić information content (AvgIpc) is 2.96. The molecular weight excluding hydrogens is 469 g/mol. The molecule has 1 fully saturated rings. The smallest absolute Gasteiger partial charge is 0.407 e. The number of carbonyl (C=O) groups is 1. The van der Waals surface area contributed by atoms with Crippen LogP contribution in [0.5, 0.6) is 0 Å². The molecule has 1 atom stereocenters. The molecule has 0 aromatic carbocycles. The van der Waals surface area contributed by atoms with Gasteiger partial charge in [-0.1, -0.05) is 0 Å².